The van der Waals surface area contributed by atoms with Crippen LogP contribution in [0, 0.1) is 0 Å². The van der Waals surface area contributed by atoms with Crippen LogP contribution < -0.4 is 0 Å². The van der Waals surface area contributed by atoms with E-state index in [1.807, 2.05) is 11.3 Å². The summed E-state index contributed by atoms with van der Waals surface area (Å²) in [7, 11) is 0. The molecule has 0 aliphatic heterocycles. The fourth-order valence-corrected chi connectivity index (χ4v) is 5.20. The van der Waals surface area contributed by atoms with Crippen LogP contribution in [-0.4, -0.2) is 0 Å². The Morgan fingerprint density at radius 3 is 2.27 bits per heavy atom. The smallest absolute Gasteiger partial charge is 0.0352 e. The topological polar surface area (TPSA) is 0 Å². The third-order valence-electron chi connectivity index (χ3n) is 5.46. The standard InChI is InChI=1S/C25H22S/c1-2-3-4-9-20-16-24-22-11-10-19-14-17-7-5-6-8-18(17)15-23(19)21(22)12-13-25(24)26-20/h5-8,10-16H,2-4,9H2,1H3. The van der Waals surface area contributed by atoms with Crippen molar-refractivity contribution in [2.24, 2.45) is 0 Å². The summed E-state index contributed by atoms with van der Waals surface area (Å²) in [4.78, 5) is 1.53. The van der Waals surface area contributed by atoms with Crippen LogP contribution in [-0.2, 0) is 6.42 Å². The van der Waals surface area contributed by atoms with Crippen LogP contribution in [0.2, 0.25) is 0 Å². The molecule has 0 saturated carbocycles. The van der Waals surface area contributed by atoms with E-state index in [1.165, 1.54) is 73.0 Å². The zero-order valence-electron chi connectivity index (χ0n) is 15.1. The normalized spacial score (nSPS) is 11.9. The Bertz CT molecular complexity index is 1240. The van der Waals surface area contributed by atoms with Gasteiger partial charge in [-0.3, -0.25) is 0 Å². The molecule has 0 aliphatic carbocycles. The zero-order chi connectivity index (χ0) is 17.5. The summed E-state index contributed by atoms with van der Waals surface area (Å²) in [6.45, 7) is 2.27. The SMILES string of the molecule is CCCCCc1cc2c(ccc3c4cc5ccccc5cc4ccc23)s1. The molecule has 0 radical (unpaired) electrons. The highest BCUT2D eigenvalue weighted by molar-refractivity contribution is 7.19. The molecule has 1 heteroatoms. The van der Waals surface area contributed by atoms with E-state index < -0.39 is 0 Å². The molecule has 1 heterocycles. The van der Waals surface area contributed by atoms with E-state index in [2.05, 4.69) is 73.7 Å². The first-order valence-electron chi connectivity index (χ1n) is 9.60. The quantitative estimate of drug-likeness (QED) is 0.174. The van der Waals surface area contributed by atoms with E-state index >= 15 is 0 Å². The van der Waals surface area contributed by atoms with Gasteiger partial charge in [0, 0.05) is 15.0 Å². The van der Waals surface area contributed by atoms with Crippen molar-refractivity contribution in [3.63, 3.8) is 0 Å². The number of thiophene rings is 1. The number of hydrogen-bond donors (Lipinski definition) is 0. The molecule has 0 amide bonds. The molecule has 1 aromatic heterocycles. The second-order valence-corrected chi connectivity index (χ2v) is 8.40. The third kappa shape index (κ3) is 2.59. The number of fused-ring (bicyclic) bond motifs is 6. The van der Waals surface area contributed by atoms with Gasteiger partial charge in [-0.2, -0.15) is 0 Å². The molecule has 5 aromatic rings. The number of unbranched alkanes of at least 4 members (excludes halogenated alkanes) is 2. The fourth-order valence-electron chi connectivity index (χ4n) is 4.07. The third-order valence-corrected chi connectivity index (χ3v) is 6.62. The number of aryl methyl sites for hydroxylation is 1. The van der Waals surface area contributed by atoms with Gasteiger partial charge in [-0.05, 0) is 69.4 Å². The van der Waals surface area contributed by atoms with Gasteiger partial charge in [0.2, 0.25) is 0 Å². The maximum Gasteiger partial charge on any atom is 0.0352 e. The summed E-state index contributed by atoms with van der Waals surface area (Å²) in [6, 6.07) is 25.0. The predicted molar refractivity (Wildman–Crippen MR) is 118 cm³/mol. The molecule has 4 aromatic carbocycles. The molecule has 128 valence electrons. The maximum absolute atomic E-state index is 2.44. The fraction of sp³-hybridized carbons (Fsp3) is 0.200. The molecule has 0 nitrogen and oxygen atoms in total. The summed E-state index contributed by atoms with van der Waals surface area (Å²) < 4.78 is 1.42. The minimum atomic E-state index is 1.22. The lowest BCUT2D eigenvalue weighted by Gasteiger charge is -2.07. The predicted octanol–water partition coefficient (Wildman–Crippen LogP) is 8.09. The molecule has 0 bridgehead atoms. The van der Waals surface area contributed by atoms with Gasteiger partial charge in [-0.15, -0.1) is 11.3 Å². The Hall–Kier alpha value is -2.38. The van der Waals surface area contributed by atoms with Gasteiger partial charge in [-0.25, -0.2) is 0 Å². The number of hydrogen-bond acceptors (Lipinski definition) is 1. The summed E-state index contributed by atoms with van der Waals surface area (Å²) in [5.74, 6) is 0. The van der Waals surface area contributed by atoms with Crippen molar-refractivity contribution >= 4 is 53.7 Å². The number of rotatable bonds is 4. The second-order valence-electron chi connectivity index (χ2n) is 7.23. The molecular formula is C25H22S. The first-order chi connectivity index (χ1) is 12.8. The molecule has 0 fully saturated rings. The Kier molecular flexibility index (Phi) is 3.90. The van der Waals surface area contributed by atoms with Gasteiger partial charge in [-0.1, -0.05) is 62.2 Å². The van der Waals surface area contributed by atoms with Crippen LogP contribution in [0.5, 0.6) is 0 Å². The van der Waals surface area contributed by atoms with E-state index in [0.717, 1.165) is 0 Å². The molecule has 0 saturated heterocycles. The van der Waals surface area contributed by atoms with Crippen LogP contribution in [0.25, 0.3) is 42.4 Å². The van der Waals surface area contributed by atoms with Crippen LogP contribution in [0.3, 0.4) is 0 Å². The molecule has 0 N–H and O–H groups in total. The minimum Gasteiger partial charge on any atom is -0.140 e. The lowest BCUT2D eigenvalue weighted by molar-refractivity contribution is 0.723. The van der Waals surface area contributed by atoms with Gasteiger partial charge in [0.15, 0.2) is 0 Å². The van der Waals surface area contributed by atoms with Gasteiger partial charge in [0.25, 0.3) is 0 Å². The lowest BCUT2D eigenvalue weighted by atomic mass is 9.97. The average molecular weight is 355 g/mol. The van der Waals surface area contributed by atoms with Crippen molar-refractivity contribution < 1.29 is 0 Å². The largest absolute Gasteiger partial charge is 0.140 e. The summed E-state index contributed by atoms with van der Waals surface area (Å²) in [5, 5.41) is 9.51. The Labute approximate surface area is 158 Å². The first-order valence-corrected chi connectivity index (χ1v) is 10.4. The maximum atomic E-state index is 2.44. The van der Waals surface area contributed by atoms with Gasteiger partial charge < -0.3 is 0 Å². The van der Waals surface area contributed by atoms with Crippen molar-refractivity contribution in [3.05, 3.63) is 71.6 Å². The molecule has 26 heavy (non-hydrogen) atoms. The highest BCUT2D eigenvalue weighted by Gasteiger charge is 2.09. The van der Waals surface area contributed by atoms with Crippen molar-refractivity contribution in [1.29, 1.82) is 0 Å². The Morgan fingerprint density at radius 2 is 1.42 bits per heavy atom. The van der Waals surface area contributed by atoms with Gasteiger partial charge >= 0.3 is 0 Å². The molecular weight excluding hydrogens is 332 g/mol. The minimum absolute atomic E-state index is 1.22. The monoisotopic (exact) mass is 354 g/mol. The van der Waals surface area contributed by atoms with E-state index in [1.54, 1.807) is 0 Å². The molecule has 0 aliphatic rings. The summed E-state index contributed by atoms with van der Waals surface area (Å²) >= 11 is 1.97. The Balaban J connectivity index is 1.73. The van der Waals surface area contributed by atoms with E-state index in [9.17, 15) is 0 Å². The van der Waals surface area contributed by atoms with Crippen molar-refractivity contribution in [2.45, 2.75) is 32.6 Å². The highest BCUT2D eigenvalue weighted by Crippen LogP contribution is 2.37. The van der Waals surface area contributed by atoms with Crippen LogP contribution in [0.1, 0.15) is 31.1 Å². The molecule has 0 unspecified atom stereocenters. The summed E-state index contributed by atoms with van der Waals surface area (Å²) in [6.07, 6.45) is 5.13. The van der Waals surface area contributed by atoms with Gasteiger partial charge in [0.05, 0.1) is 0 Å². The second kappa shape index (κ2) is 6.41. The van der Waals surface area contributed by atoms with Crippen LogP contribution in [0.4, 0.5) is 0 Å². The van der Waals surface area contributed by atoms with Gasteiger partial charge in [0.1, 0.15) is 0 Å². The zero-order valence-corrected chi connectivity index (χ0v) is 15.9. The first kappa shape index (κ1) is 15.8. The summed E-state index contributed by atoms with van der Waals surface area (Å²) in [5.41, 5.74) is 0. The van der Waals surface area contributed by atoms with E-state index in [4.69, 9.17) is 0 Å². The lowest BCUT2D eigenvalue weighted by Crippen LogP contribution is -1.80. The Morgan fingerprint density at radius 1 is 0.654 bits per heavy atom. The molecule has 0 atom stereocenters. The van der Waals surface area contributed by atoms with Crippen molar-refractivity contribution in [2.75, 3.05) is 0 Å². The molecule has 5 rings (SSSR count). The molecule has 0 spiro atoms. The van der Waals surface area contributed by atoms with Crippen LogP contribution in [0.15, 0.2) is 66.7 Å². The van der Waals surface area contributed by atoms with E-state index in [-0.39, 0.29) is 0 Å². The average Bonchev–Trinajstić information content (AvgIpc) is 3.09. The van der Waals surface area contributed by atoms with E-state index in [0.29, 0.717) is 0 Å². The van der Waals surface area contributed by atoms with Crippen LogP contribution >= 0.6 is 11.3 Å². The van der Waals surface area contributed by atoms with Crippen molar-refractivity contribution in [3.8, 4) is 0 Å². The number of benzene rings is 4. The highest BCUT2D eigenvalue weighted by atomic mass is 32.1. The van der Waals surface area contributed by atoms with Crippen molar-refractivity contribution in [1.82, 2.24) is 0 Å².